The SMILES string of the molecule is Cc1ncsc1CN1CC[C@H](Cc2ccccc2F)[C@@H](O)C1. The summed E-state index contributed by atoms with van der Waals surface area (Å²) >= 11 is 1.67. The molecule has 3 rings (SSSR count). The zero-order valence-electron chi connectivity index (χ0n) is 12.7. The summed E-state index contributed by atoms with van der Waals surface area (Å²) in [5.74, 6) is -0.0341. The molecule has 1 aliphatic heterocycles. The first-order chi connectivity index (χ1) is 10.6. The monoisotopic (exact) mass is 320 g/mol. The molecule has 1 aromatic heterocycles. The number of rotatable bonds is 4. The maximum atomic E-state index is 13.7. The van der Waals surface area contributed by atoms with Crippen molar-refractivity contribution < 1.29 is 9.50 Å². The highest BCUT2D eigenvalue weighted by atomic mass is 32.1. The first-order valence-corrected chi connectivity index (χ1v) is 8.54. The third kappa shape index (κ3) is 3.54. The molecule has 2 heterocycles. The van der Waals surface area contributed by atoms with E-state index >= 15 is 0 Å². The number of aliphatic hydroxyl groups is 1. The number of halogens is 1. The van der Waals surface area contributed by atoms with Gasteiger partial charge in [-0.2, -0.15) is 0 Å². The summed E-state index contributed by atoms with van der Waals surface area (Å²) in [6.07, 6.45) is 1.11. The van der Waals surface area contributed by atoms with Crippen molar-refractivity contribution >= 4 is 11.3 Å². The Morgan fingerprint density at radius 3 is 2.91 bits per heavy atom. The summed E-state index contributed by atoms with van der Waals surface area (Å²) in [7, 11) is 0. The lowest BCUT2D eigenvalue weighted by atomic mass is 9.87. The molecule has 0 spiro atoms. The molecule has 2 aromatic rings. The second-order valence-electron chi connectivity index (χ2n) is 6.01. The maximum Gasteiger partial charge on any atom is 0.126 e. The highest BCUT2D eigenvalue weighted by Gasteiger charge is 2.28. The molecular weight excluding hydrogens is 299 g/mol. The lowest BCUT2D eigenvalue weighted by Gasteiger charge is -2.36. The molecule has 0 saturated carbocycles. The van der Waals surface area contributed by atoms with Gasteiger partial charge < -0.3 is 5.11 Å². The minimum Gasteiger partial charge on any atom is -0.391 e. The molecule has 3 nitrogen and oxygen atoms in total. The van der Waals surface area contributed by atoms with Gasteiger partial charge in [-0.1, -0.05) is 18.2 Å². The molecule has 0 amide bonds. The Balaban J connectivity index is 1.58. The topological polar surface area (TPSA) is 36.4 Å². The van der Waals surface area contributed by atoms with E-state index in [1.165, 1.54) is 10.9 Å². The highest BCUT2D eigenvalue weighted by molar-refractivity contribution is 7.09. The van der Waals surface area contributed by atoms with Gasteiger partial charge >= 0.3 is 0 Å². The van der Waals surface area contributed by atoms with Crippen LogP contribution in [0.5, 0.6) is 0 Å². The summed E-state index contributed by atoms with van der Waals surface area (Å²) in [4.78, 5) is 7.80. The number of hydrogen-bond donors (Lipinski definition) is 1. The molecule has 1 N–H and O–H groups in total. The maximum absolute atomic E-state index is 13.7. The Morgan fingerprint density at radius 2 is 2.23 bits per heavy atom. The number of aromatic nitrogens is 1. The van der Waals surface area contributed by atoms with Gasteiger partial charge in [0.25, 0.3) is 0 Å². The fourth-order valence-corrected chi connectivity index (χ4v) is 3.87. The molecular formula is C17H21FN2OS. The van der Waals surface area contributed by atoms with E-state index in [-0.39, 0.29) is 11.7 Å². The molecule has 5 heteroatoms. The molecule has 118 valence electrons. The van der Waals surface area contributed by atoms with Crippen molar-refractivity contribution in [3.05, 3.63) is 51.7 Å². The van der Waals surface area contributed by atoms with E-state index in [0.29, 0.717) is 18.5 Å². The number of β-amino-alcohol motifs (C(OH)–C–C–N with tert-alkyl or cyclic N) is 1. The summed E-state index contributed by atoms with van der Waals surface area (Å²) in [6.45, 7) is 4.46. The summed E-state index contributed by atoms with van der Waals surface area (Å²) < 4.78 is 13.7. The number of aliphatic hydroxyl groups excluding tert-OH is 1. The molecule has 22 heavy (non-hydrogen) atoms. The standard InChI is InChI=1S/C17H21FN2OS/c1-12-17(22-11-19-12)10-20-7-6-14(16(21)9-20)8-13-4-2-3-5-15(13)18/h2-5,11,14,16,21H,6-10H2,1H3/t14-,16+/m1/s1. The van der Waals surface area contributed by atoms with Crippen LogP contribution in [0.15, 0.2) is 29.8 Å². The molecule has 0 aliphatic carbocycles. The molecule has 1 aromatic carbocycles. The average molecular weight is 320 g/mol. The van der Waals surface area contributed by atoms with Gasteiger partial charge in [-0.3, -0.25) is 4.90 Å². The van der Waals surface area contributed by atoms with Crippen LogP contribution in [0.1, 0.15) is 22.6 Å². The number of piperidine rings is 1. The Bertz CT molecular complexity index is 631. The zero-order valence-corrected chi connectivity index (χ0v) is 13.5. The van der Waals surface area contributed by atoms with Crippen molar-refractivity contribution in [2.24, 2.45) is 5.92 Å². The number of thiazole rings is 1. The lowest BCUT2D eigenvalue weighted by molar-refractivity contribution is 0.0188. The van der Waals surface area contributed by atoms with Crippen LogP contribution in [0.4, 0.5) is 4.39 Å². The van der Waals surface area contributed by atoms with Crippen molar-refractivity contribution in [2.75, 3.05) is 13.1 Å². The number of hydrogen-bond acceptors (Lipinski definition) is 4. The van der Waals surface area contributed by atoms with E-state index in [2.05, 4.69) is 9.88 Å². The van der Waals surface area contributed by atoms with E-state index in [1.807, 2.05) is 24.6 Å². The smallest absolute Gasteiger partial charge is 0.126 e. The van der Waals surface area contributed by atoms with Gasteiger partial charge in [-0.05, 0) is 43.9 Å². The third-order valence-electron chi connectivity index (χ3n) is 4.46. The Morgan fingerprint density at radius 1 is 1.41 bits per heavy atom. The van der Waals surface area contributed by atoms with Gasteiger partial charge in [0.1, 0.15) is 5.82 Å². The number of aryl methyl sites for hydroxylation is 1. The predicted molar refractivity (Wildman–Crippen MR) is 86.3 cm³/mol. The quantitative estimate of drug-likeness (QED) is 0.941. The Hall–Kier alpha value is -1.30. The van der Waals surface area contributed by atoms with E-state index in [4.69, 9.17) is 0 Å². The van der Waals surface area contributed by atoms with Crippen molar-refractivity contribution in [1.29, 1.82) is 0 Å². The number of nitrogens with zero attached hydrogens (tertiary/aromatic N) is 2. The second-order valence-corrected chi connectivity index (χ2v) is 6.95. The van der Waals surface area contributed by atoms with Gasteiger partial charge in [0.2, 0.25) is 0 Å². The molecule has 1 saturated heterocycles. The zero-order chi connectivity index (χ0) is 15.5. The van der Waals surface area contributed by atoms with Gasteiger partial charge in [0.05, 0.1) is 17.3 Å². The molecule has 0 bridgehead atoms. The van der Waals surface area contributed by atoms with Gasteiger partial charge in [0, 0.05) is 18.0 Å². The van der Waals surface area contributed by atoms with Crippen molar-refractivity contribution in [1.82, 2.24) is 9.88 Å². The second kappa shape index (κ2) is 6.86. The summed E-state index contributed by atoms with van der Waals surface area (Å²) in [6, 6.07) is 6.86. The predicted octanol–water partition coefficient (Wildman–Crippen LogP) is 3.02. The van der Waals surface area contributed by atoms with Gasteiger partial charge in [-0.15, -0.1) is 11.3 Å². The van der Waals surface area contributed by atoms with Crippen LogP contribution < -0.4 is 0 Å². The van der Waals surface area contributed by atoms with Crippen LogP contribution in [-0.2, 0) is 13.0 Å². The van der Waals surface area contributed by atoms with Crippen LogP contribution in [0.25, 0.3) is 0 Å². The normalized spacial score (nSPS) is 22.9. The minimum atomic E-state index is -0.401. The first-order valence-electron chi connectivity index (χ1n) is 7.66. The minimum absolute atomic E-state index is 0.135. The highest BCUT2D eigenvalue weighted by Crippen LogP contribution is 2.25. The van der Waals surface area contributed by atoms with Crippen LogP contribution in [0, 0.1) is 18.7 Å². The summed E-state index contributed by atoms with van der Waals surface area (Å²) in [5, 5.41) is 10.4. The Kier molecular flexibility index (Phi) is 4.86. The van der Waals surface area contributed by atoms with Crippen molar-refractivity contribution in [3.63, 3.8) is 0 Å². The lowest BCUT2D eigenvalue weighted by Crippen LogP contribution is -2.44. The molecule has 0 radical (unpaired) electrons. The van der Waals surface area contributed by atoms with Crippen molar-refractivity contribution in [3.8, 4) is 0 Å². The van der Waals surface area contributed by atoms with E-state index in [9.17, 15) is 9.50 Å². The summed E-state index contributed by atoms with van der Waals surface area (Å²) in [5.41, 5.74) is 3.65. The van der Waals surface area contributed by atoms with E-state index in [0.717, 1.165) is 25.2 Å². The van der Waals surface area contributed by atoms with Crippen LogP contribution in [0.3, 0.4) is 0 Å². The van der Waals surface area contributed by atoms with Crippen LogP contribution in [-0.4, -0.2) is 34.2 Å². The van der Waals surface area contributed by atoms with E-state index in [1.54, 1.807) is 17.4 Å². The molecule has 2 atom stereocenters. The number of likely N-dealkylation sites (tertiary alicyclic amines) is 1. The fraction of sp³-hybridized carbons (Fsp3) is 0.471. The van der Waals surface area contributed by atoms with Gasteiger partial charge in [-0.25, -0.2) is 9.37 Å². The van der Waals surface area contributed by atoms with Crippen molar-refractivity contribution in [2.45, 2.75) is 32.4 Å². The largest absolute Gasteiger partial charge is 0.391 e. The third-order valence-corrected chi connectivity index (χ3v) is 5.38. The molecule has 1 aliphatic rings. The Labute approximate surface area is 134 Å². The van der Waals surface area contributed by atoms with Crippen LogP contribution in [0.2, 0.25) is 0 Å². The average Bonchev–Trinajstić information content (AvgIpc) is 2.89. The molecule has 0 unspecified atom stereocenters. The number of benzene rings is 1. The van der Waals surface area contributed by atoms with E-state index < -0.39 is 6.10 Å². The molecule has 1 fully saturated rings. The van der Waals surface area contributed by atoms with Gasteiger partial charge in [0.15, 0.2) is 0 Å². The first kappa shape index (κ1) is 15.6. The van der Waals surface area contributed by atoms with Crippen LogP contribution >= 0.6 is 11.3 Å². The fourth-order valence-electron chi connectivity index (χ4n) is 3.05.